The maximum atomic E-state index is 5.71. The van der Waals surface area contributed by atoms with Crippen molar-refractivity contribution in [3.63, 3.8) is 0 Å². The molecule has 0 unspecified atom stereocenters. The van der Waals surface area contributed by atoms with E-state index in [-0.39, 0.29) is 0 Å². The van der Waals surface area contributed by atoms with Crippen molar-refractivity contribution in [1.29, 1.82) is 0 Å². The summed E-state index contributed by atoms with van der Waals surface area (Å²) < 4.78 is 0. The fourth-order valence-electron chi connectivity index (χ4n) is 2.89. The van der Waals surface area contributed by atoms with Gasteiger partial charge in [0.1, 0.15) is 5.15 Å². The van der Waals surface area contributed by atoms with Crippen LogP contribution >= 0.6 is 11.6 Å². The van der Waals surface area contributed by atoms with Gasteiger partial charge in [-0.15, -0.1) is 0 Å². The molecule has 2 fully saturated rings. The van der Waals surface area contributed by atoms with Crippen LogP contribution in [-0.4, -0.2) is 27.0 Å². The second-order valence-corrected chi connectivity index (χ2v) is 4.85. The Morgan fingerprint density at radius 2 is 1.80 bits per heavy atom. The summed E-state index contributed by atoms with van der Waals surface area (Å²) in [6.45, 7) is 0.944. The number of fused-ring (bicyclic) bond motifs is 2. The van der Waals surface area contributed by atoms with Crippen molar-refractivity contribution in [3.8, 4) is 0 Å². The first kappa shape index (κ1) is 9.55. The smallest absolute Gasteiger partial charge is 0.147 e. The van der Waals surface area contributed by atoms with Gasteiger partial charge >= 0.3 is 0 Å². The highest BCUT2D eigenvalue weighted by Crippen LogP contribution is 2.38. The lowest BCUT2D eigenvalue weighted by Gasteiger charge is -2.20. The number of aromatic nitrogens is 2. The summed E-state index contributed by atoms with van der Waals surface area (Å²) in [5, 5.41) is 0.475. The van der Waals surface area contributed by atoms with Crippen LogP contribution in [0, 0.1) is 0 Å². The van der Waals surface area contributed by atoms with Gasteiger partial charge in [0.15, 0.2) is 0 Å². The molecule has 0 spiro atoms. The zero-order valence-electron chi connectivity index (χ0n) is 8.56. The molecule has 3 rings (SSSR count). The fourth-order valence-corrected chi connectivity index (χ4v) is 2.98. The Bertz CT molecular complexity index is 331. The lowest BCUT2D eigenvalue weighted by Crippen LogP contribution is -2.28. The molecule has 0 saturated carbocycles. The van der Waals surface area contributed by atoms with Crippen LogP contribution in [0.3, 0.4) is 0 Å². The molecule has 0 amide bonds. The molecular formula is C11H14ClN3. The summed E-state index contributed by atoms with van der Waals surface area (Å²) in [6, 6.07) is 1.60. The zero-order chi connectivity index (χ0) is 10.3. The standard InChI is InChI=1S/C11H14ClN3/c12-11-6-13-8(5-14-11)7-15-9-1-2-10(15)4-3-9/h5-6,9-10H,1-4,7H2. The molecule has 1 aromatic rings. The number of hydrogen-bond donors (Lipinski definition) is 0. The summed E-state index contributed by atoms with van der Waals surface area (Å²) in [4.78, 5) is 11.0. The van der Waals surface area contributed by atoms with Crippen LogP contribution in [0.5, 0.6) is 0 Å². The van der Waals surface area contributed by atoms with Crippen LogP contribution in [0.25, 0.3) is 0 Å². The molecule has 2 aliphatic rings. The molecule has 0 atom stereocenters. The molecule has 4 heteroatoms. The van der Waals surface area contributed by atoms with Crippen molar-refractivity contribution in [2.45, 2.75) is 44.3 Å². The highest BCUT2D eigenvalue weighted by Gasteiger charge is 2.38. The molecule has 80 valence electrons. The maximum absolute atomic E-state index is 5.71. The second-order valence-electron chi connectivity index (χ2n) is 4.47. The molecule has 1 aromatic heterocycles. The van der Waals surface area contributed by atoms with Crippen LogP contribution < -0.4 is 0 Å². The first-order valence-corrected chi connectivity index (χ1v) is 5.93. The highest BCUT2D eigenvalue weighted by molar-refractivity contribution is 6.29. The molecular weight excluding hydrogens is 210 g/mol. The molecule has 0 N–H and O–H groups in total. The van der Waals surface area contributed by atoms with Crippen molar-refractivity contribution in [1.82, 2.24) is 14.9 Å². The summed E-state index contributed by atoms with van der Waals surface area (Å²) >= 11 is 5.71. The Balaban J connectivity index is 1.73. The first-order chi connectivity index (χ1) is 7.33. The minimum atomic E-state index is 0.475. The molecule has 2 saturated heterocycles. The van der Waals surface area contributed by atoms with E-state index in [0.29, 0.717) is 5.15 Å². The average molecular weight is 224 g/mol. The van der Waals surface area contributed by atoms with Crippen LogP contribution in [0.15, 0.2) is 12.4 Å². The Morgan fingerprint density at radius 3 is 2.33 bits per heavy atom. The average Bonchev–Trinajstić information content (AvgIpc) is 2.81. The van der Waals surface area contributed by atoms with Crippen molar-refractivity contribution in [2.24, 2.45) is 0 Å². The Morgan fingerprint density at radius 1 is 1.13 bits per heavy atom. The van der Waals surface area contributed by atoms with E-state index in [0.717, 1.165) is 24.3 Å². The topological polar surface area (TPSA) is 29.0 Å². The van der Waals surface area contributed by atoms with Gasteiger partial charge in [0, 0.05) is 18.6 Å². The highest BCUT2D eigenvalue weighted by atomic mass is 35.5. The number of hydrogen-bond acceptors (Lipinski definition) is 3. The van der Waals surface area contributed by atoms with E-state index in [1.165, 1.54) is 25.7 Å². The van der Waals surface area contributed by atoms with Crippen LogP contribution in [0.4, 0.5) is 0 Å². The van der Waals surface area contributed by atoms with Crippen LogP contribution in [-0.2, 0) is 6.54 Å². The van der Waals surface area contributed by atoms with Gasteiger partial charge in [-0.3, -0.25) is 9.88 Å². The Kier molecular flexibility index (Phi) is 2.37. The second kappa shape index (κ2) is 3.72. The molecule has 0 aliphatic carbocycles. The molecule has 3 nitrogen and oxygen atoms in total. The third-order valence-corrected chi connectivity index (χ3v) is 3.82. The number of halogens is 1. The number of nitrogens with zero attached hydrogens (tertiary/aromatic N) is 3. The minimum Gasteiger partial charge on any atom is -0.292 e. The van der Waals surface area contributed by atoms with Crippen molar-refractivity contribution in [2.75, 3.05) is 0 Å². The van der Waals surface area contributed by atoms with E-state index >= 15 is 0 Å². The van der Waals surface area contributed by atoms with Crippen molar-refractivity contribution < 1.29 is 0 Å². The van der Waals surface area contributed by atoms with E-state index in [9.17, 15) is 0 Å². The van der Waals surface area contributed by atoms with Gasteiger partial charge in [-0.2, -0.15) is 0 Å². The third kappa shape index (κ3) is 1.74. The van der Waals surface area contributed by atoms with Crippen molar-refractivity contribution >= 4 is 11.6 Å². The predicted molar refractivity (Wildman–Crippen MR) is 58.6 cm³/mol. The molecule has 3 heterocycles. The minimum absolute atomic E-state index is 0.475. The van der Waals surface area contributed by atoms with Gasteiger partial charge in [-0.25, -0.2) is 4.98 Å². The summed E-state index contributed by atoms with van der Waals surface area (Å²) in [7, 11) is 0. The van der Waals surface area contributed by atoms with Gasteiger partial charge in [-0.05, 0) is 25.7 Å². The van der Waals surface area contributed by atoms with Crippen molar-refractivity contribution in [3.05, 3.63) is 23.2 Å². The summed E-state index contributed by atoms with van der Waals surface area (Å²) in [6.07, 6.45) is 8.89. The van der Waals surface area contributed by atoms with E-state index in [1.807, 2.05) is 0 Å². The summed E-state index contributed by atoms with van der Waals surface area (Å²) in [5.74, 6) is 0. The normalized spacial score (nSPS) is 29.9. The monoisotopic (exact) mass is 223 g/mol. The van der Waals surface area contributed by atoms with E-state index < -0.39 is 0 Å². The SMILES string of the molecule is Clc1cnc(CN2C3CCC2CC3)cn1. The Hall–Kier alpha value is -0.670. The maximum Gasteiger partial charge on any atom is 0.147 e. The molecule has 2 bridgehead atoms. The largest absolute Gasteiger partial charge is 0.292 e. The van der Waals surface area contributed by atoms with Crippen LogP contribution in [0.2, 0.25) is 5.15 Å². The quantitative estimate of drug-likeness (QED) is 0.770. The predicted octanol–water partition coefficient (Wildman–Crippen LogP) is 2.26. The zero-order valence-corrected chi connectivity index (χ0v) is 9.32. The lowest BCUT2D eigenvalue weighted by atomic mass is 10.0. The lowest BCUT2D eigenvalue weighted by molar-refractivity contribution is 0.240. The van der Waals surface area contributed by atoms with Gasteiger partial charge < -0.3 is 0 Å². The fraction of sp³-hybridized carbons (Fsp3) is 0.636. The third-order valence-electron chi connectivity index (χ3n) is 3.62. The van der Waals surface area contributed by atoms with Gasteiger partial charge in [0.25, 0.3) is 0 Å². The van der Waals surface area contributed by atoms with Crippen LogP contribution in [0.1, 0.15) is 31.4 Å². The van der Waals surface area contributed by atoms with Gasteiger partial charge in [-0.1, -0.05) is 11.6 Å². The summed E-state index contributed by atoms with van der Waals surface area (Å²) in [5.41, 5.74) is 1.04. The van der Waals surface area contributed by atoms with E-state index in [4.69, 9.17) is 11.6 Å². The molecule has 0 aromatic carbocycles. The Labute approximate surface area is 94.5 Å². The molecule has 15 heavy (non-hydrogen) atoms. The van der Waals surface area contributed by atoms with E-state index in [2.05, 4.69) is 14.9 Å². The molecule has 2 aliphatic heterocycles. The number of rotatable bonds is 2. The van der Waals surface area contributed by atoms with E-state index in [1.54, 1.807) is 12.4 Å². The van der Waals surface area contributed by atoms with Gasteiger partial charge in [0.2, 0.25) is 0 Å². The molecule has 0 radical (unpaired) electrons. The first-order valence-electron chi connectivity index (χ1n) is 5.55. The van der Waals surface area contributed by atoms with Gasteiger partial charge in [0.05, 0.1) is 18.1 Å².